The minimum Gasteiger partial charge on any atom is -0.192 e. The van der Waals surface area contributed by atoms with Crippen LogP contribution in [0.1, 0.15) is 0 Å². The van der Waals surface area contributed by atoms with E-state index in [9.17, 15) is 0 Å². The molecule has 0 N–H and O–H groups in total. The van der Waals surface area contributed by atoms with Crippen LogP contribution in [-0.2, 0) is 0 Å². The van der Waals surface area contributed by atoms with Crippen molar-refractivity contribution in [1.29, 1.82) is 0 Å². The molecule has 0 atom stereocenters. The van der Waals surface area contributed by atoms with E-state index < -0.39 is 10.0 Å². The Morgan fingerprint density at radius 3 is 2.38 bits per heavy atom. The van der Waals surface area contributed by atoms with Gasteiger partial charge in [0.1, 0.15) is 0 Å². The van der Waals surface area contributed by atoms with Crippen molar-refractivity contribution in [2.45, 2.75) is 9.79 Å². The zero-order valence-electron chi connectivity index (χ0n) is 9.33. The Kier molecular flexibility index (Phi) is 2.10. The number of fused-ring (bicyclic) bond motifs is 3. The lowest BCUT2D eigenvalue weighted by atomic mass is 10.1. The van der Waals surface area contributed by atoms with Gasteiger partial charge in [-0.1, -0.05) is 35.9 Å². The molecule has 1 heterocycles. The Bertz CT molecular complexity index is 573. The second kappa shape index (κ2) is 3.28. The minimum absolute atomic E-state index is 0.840. The third-order valence-electron chi connectivity index (χ3n) is 3.22. The average molecular weight is 249 g/mol. The van der Waals surface area contributed by atoms with Gasteiger partial charge in [0.25, 0.3) is 0 Å². The lowest BCUT2D eigenvalue weighted by Gasteiger charge is -2.28. The molecule has 0 saturated carbocycles. The summed E-state index contributed by atoms with van der Waals surface area (Å²) in [6.45, 7) is 0. The highest BCUT2D eigenvalue weighted by molar-refractivity contribution is 8.33. The van der Waals surface area contributed by atoms with Crippen molar-refractivity contribution >= 4 is 21.6 Å². The van der Waals surface area contributed by atoms with Crippen LogP contribution in [0.4, 0.5) is 0 Å². The molecular formula is C14H13ClS. The molecule has 0 amide bonds. The van der Waals surface area contributed by atoms with Crippen LogP contribution in [-0.4, -0.2) is 12.5 Å². The summed E-state index contributed by atoms with van der Waals surface area (Å²) in [5.41, 5.74) is 2.74. The Labute approximate surface area is 103 Å². The first kappa shape index (κ1) is 10.2. The molecule has 3 rings (SSSR count). The monoisotopic (exact) mass is 248 g/mol. The molecule has 1 aliphatic heterocycles. The van der Waals surface area contributed by atoms with E-state index in [1.165, 1.54) is 20.9 Å². The van der Waals surface area contributed by atoms with Crippen molar-refractivity contribution in [2.75, 3.05) is 12.5 Å². The summed E-state index contributed by atoms with van der Waals surface area (Å²) < 4.78 is 0. The van der Waals surface area contributed by atoms with Crippen molar-refractivity contribution in [3.8, 4) is 11.1 Å². The highest BCUT2D eigenvalue weighted by Crippen LogP contribution is 2.67. The van der Waals surface area contributed by atoms with Gasteiger partial charge in [0.15, 0.2) is 0 Å². The molecule has 0 spiro atoms. The molecule has 1 aliphatic rings. The van der Waals surface area contributed by atoms with Crippen LogP contribution in [0.15, 0.2) is 52.3 Å². The third-order valence-corrected chi connectivity index (χ3v) is 6.35. The SMILES string of the molecule is CS1(C)c2ccccc2-c2ccc(Cl)cc21. The number of benzene rings is 2. The molecular weight excluding hydrogens is 236 g/mol. The second-order valence-electron chi connectivity index (χ2n) is 4.46. The first-order chi connectivity index (χ1) is 7.60. The maximum Gasteiger partial charge on any atom is 0.0417 e. The summed E-state index contributed by atoms with van der Waals surface area (Å²) in [7, 11) is -0.872. The van der Waals surface area contributed by atoms with E-state index in [4.69, 9.17) is 11.6 Å². The van der Waals surface area contributed by atoms with Crippen molar-refractivity contribution in [3.05, 3.63) is 47.5 Å². The van der Waals surface area contributed by atoms with Crippen LogP contribution in [0.2, 0.25) is 5.02 Å². The Morgan fingerprint density at radius 1 is 0.875 bits per heavy atom. The van der Waals surface area contributed by atoms with Crippen molar-refractivity contribution in [2.24, 2.45) is 0 Å². The standard InChI is InChI=1S/C14H13ClS/c1-16(2)13-6-4-3-5-11(13)12-8-7-10(15)9-14(12)16/h3-9H,1-2H3. The molecule has 0 unspecified atom stereocenters. The van der Waals surface area contributed by atoms with E-state index in [2.05, 4.69) is 48.9 Å². The third kappa shape index (κ3) is 1.25. The molecule has 0 fully saturated rings. The van der Waals surface area contributed by atoms with Gasteiger partial charge in [-0.25, -0.2) is 0 Å². The quantitative estimate of drug-likeness (QED) is 0.628. The largest absolute Gasteiger partial charge is 0.192 e. The first-order valence-corrected chi connectivity index (χ1v) is 8.06. The van der Waals surface area contributed by atoms with Crippen molar-refractivity contribution < 1.29 is 0 Å². The van der Waals surface area contributed by atoms with E-state index >= 15 is 0 Å². The molecule has 0 aliphatic carbocycles. The summed E-state index contributed by atoms with van der Waals surface area (Å²) in [4.78, 5) is 2.90. The number of hydrogen-bond donors (Lipinski definition) is 0. The van der Waals surface area contributed by atoms with Gasteiger partial charge in [-0.05, 0) is 41.8 Å². The molecule has 0 saturated heterocycles. The van der Waals surface area contributed by atoms with E-state index in [0.29, 0.717) is 0 Å². The highest BCUT2D eigenvalue weighted by atomic mass is 35.5. The second-order valence-corrected chi connectivity index (χ2v) is 8.43. The van der Waals surface area contributed by atoms with Gasteiger partial charge in [-0.15, -0.1) is 0 Å². The molecule has 2 aromatic carbocycles. The lowest BCUT2D eigenvalue weighted by Crippen LogP contribution is -1.91. The van der Waals surface area contributed by atoms with Crippen LogP contribution in [0, 0.1) is 0 Å². The average Bonchev–Trinajstić information content (AvgIpc) is 2.49. The molecule has 0 bridgehead atoms. The van der Waals surface area contributed by atoms with Gasteiger partial charge in [0.05, 0.1) is 0 Å². The highest BCUT2D eigenvalue weighted by Gasteiger charge is 2.31. The zero-order chi connectivity index (χ0) is 11.3. The molecule has 2 aromatic rings. The van der Waals surface area contributed by atoms with E-state index in [1.807, 2.05) is 6.07 Å². The molecule has 0 nitrogen and oxygen atoms in total. The predicted molar refractivity (Wildman–Crippen MR) is 72.9 cm³/mol. The lowest BCUT2D eigenvalue weighted by molar-refractivity contribution is 1.45. The van der Waals surface area contributed by atoms with Gasteiger partial charge >= 0.3 is 0 Å². The first-order valence-electron chi connectivity index (χ1n) is 5.23. The van der Waals surface area contributed by atoms with Crippen LogP contribution >= 0.6 is 21.6 Å². The minimum atomic E-state index is -0.872. The fourth-order valence-corrected chi connectivity index (χ4v) is 5.16. The Balaban J connectivity index is 2.39. The predicted octanol–water partition coefficient (Wildman–Crippen LogP) is 4.80. The number of rotatable bonds is 0. The van der Waals surface area contributed by atoms with E-state index in [0.717, 1.165) is 5.02 Å². The smallest absolute Gasteiger partial charge is 0.0417 e. The van der Waals surface area contributed by atoms with Gasteiger partial charge in [0, 0.05) is 14.8 Å². The molecule has 82 valence electrons. The van der Waals surface area contributed by atoms with Crippen LogP contribution in [0.5, 0.6) is 0 Å². The Morgan fingerprint density at radius 2 is 1.56 bits per heavy atom. The summed E-state index contributed by atoms with van der Waals surface area (Å²) in [6.07, 6.45) is 4.68. The van der Waals surface area contributed by atoms with E-state index in [1.54, 1.807) is 0 Å². The number of hydrogen-bond acceptors (Lipinski definition) is 0. The van der Waals surface area contributed by atoms with Crippen molar-refractivity contribution in [3.63, 3.8) is 0 Å². The normalized spacial score (nSPS) is 17.7. The van der Waals surface area contributed by atoms with Gasteiger partial charge in [-0.2, -0.15) is 10.0 Å². The van der Waals surface area contributed by atoms with Crippen LogP contribution in [0.25, 0.3) is 11.1 Å². The molecule has 0 radical (unpaired) electrons. The summed E-state index contributed by atoms with van der Waals surface area (Å²) in [5, 5.41) is 0.840. The molecule has 2 heteroatoms. The van der Waals surface area contributed by atoms with Gasteiger partial charge < -0.3 is 0 Å². The fraction of sp³-hybridized carbons (Fsp3) is 0.143. The van der Waals surface area contributed by atoms with E-state index in [-0.39, 0.29) is 0 Å². The Hall–Kier alpha value is -0.920. The summed E-state index contributed by atoms with van der Waals surface area (Å²) in [6, 6.07) is 15.0. The molecule has 0 aromatic heterocycles. The topological polar surface area (TPSA) is 0 Å². The summed E-state index contributed by atoms with van der Waals surface area (Å²) >= 11 is 6.11. The van der Waals surface area contributed by atoms with Gasteiger partial charge in [0.2, 0.25) is 0 Å². The summed E-state index contributed by atoms with van der Waals surface area (Å²) in [5.74, 6) is 0. The maximum absolute atomic E-state index is 6.11. The number of halogens is 1. The van der Waals surface area contributed by atoms with Crippen LogP contribution in [0.3, 0.4) is 0 Å². The van der Waals surface area contributed by atoms with Gasteiger partial charge in [-0.3, -0.25) is 0 Å². The molecule has 16 heavy (non-hydrogen) atoms. The van der Waals surface area contributed by atoms with Crippen LogP contribution < -0.4 is 0 Å². The zero-order valence-corrected chi connectivity index (χ0v) is 10.9. The fourth-order valence-electron chi connectivity index (χ4n) is 2.39. The maximum atomic E-state index is 6.11. The van der Waals surface area contributed by atoms with Crippen molar-refractivity contribution in [1.82, 2.24) is 0 Å².